The van der Waals surface area contributed by atoms with Crippen molar-refractivity contribution in [3.8, 4) is 0 Å². The van der Waals surface area contributed by atoms with E-state index in [-0.39, 0.29) is 5.41 Å². The third-order valence-corrected chi connectivity index (χ3v) is 3.57. The largest absolute Gasteiger partial charge is 0.173 e. The molecule has 2 aromatic carbocycles. The van der Waals surface area contributed by atoms with Gasteiger partial charge in [0, 0.05) is 0 Å². The van der Waals surface area contributed by atoms with Gasteiger partial charge in [-0.05, 0) is 27.8 Å². The summed E-state index contributed by atoms with van der Waals surface area (Å²) >= 11 is 1.29. The Kier molecular flexibility index (Phi) is 2.20. The number of hydrogen-bond acceptors (Lipinski definition) is 3. The lowest BCUT2D eigenvalue weighted by Gasteiger charge is -2.21. The second kappa shape index (κ2) is 3.50. The van der Waals surface area contributed by atoms with Gasteiger partial charge < -0.3 is 0 Å². The van der Waals surface area contributed by atoms with Crippen molar-refractivity contribution in [2.24, 2.45) is 0 Å². The molecule has 0 aliphatic heterocycles. The highest BCUT2D eigenvalue weighted by Gasteiger charge is 2.22. The summed E-state index contributed by atoms with van der Waals surface area (Å²) in [4.78, 5) is 0. The van der Waals surface area contributed by atoms with Crippen LogP contribution in [0.25, 0.3) is 21.8 Å². The molecule has 17 heavy (non-hydrogen) atoms. The molecule has 0 aliphatic carbocycles. The first-order valence-corrected chi connectivity index (χ1v) is 6.45. The van der Waals surface area contributed by atoms with Gasteiger partial charge >= 0.3 is 0 Å². The topological polar surface area (TPSA) is 25.8 Å². The Labute approximate surface area is 105 Å². The average molecular weight is 242 g/mol. The van der Waals surface area contributed by atoms with Crippen LogP contribution in [-0.4, -0.2) is 8.75 Å². The fraction of sp³-hybridized carbons (Fsp3) is 0.286. The second-order valence-corrected chi connectivity index (χ2v) is 5.88. The quantitative estimate of drug-likeness (QED) is 0.592. The van der Waals surface area contributed by atoms with Gasteiger partial charge in [-0.15, -0.1) is 0 Å². The fourth-order valence-corrected chi connectivity index (χ4v) is 2.88. The first kappa shape index (κ1) is 10.7. The first-order chi connectivity index (χ1) is 8.07. The molecule has 1 heterocycles. The first-order valence-electron chi connectivity index (χ1n) is 5.72. The molecule has 3 aromatic rings. The predicted octanol–water partition coefficient (Wildman–Crippen LogP) is 4.14. The third-order valence-electron chi connectivity index (χ3n) is 3.02. The van der Waals surface area contributed by atoms with Crippen LogP contribution in [0.3, 0.4) is 0 Å². The lowest BCUT2D eigenvalue weighted by atomic mass is 9.82. The maximum Gasteiger partial charge on any atom is 0.109 e. The zero-order chi connectivity index (χ0) is 12.0. The molecule has 3 heteroatoms. The van der Waals surface area contributed by atoms with Crippen molar-refractivity contribution in [1.29, 1.82) is 0 Å². The molecular formula is C14H14N2S. The SMILES string of the molecule is CC(C)(C)c1c2ccccc2cc2nsnc12. The van der Waals surface area contributed by atoms with Crippen LogP contribution < -0.4 is 0 Å². The van der Waals surface area contributed by atoms with Gasteiger partial charge in [0.2, 0.25) is 0 Å². The van der Waals surface area contributed by atoms with Crippen LogP contribution in [0.5, 0.6) is 0 Å². The standard InChI is InChI=1S/C14H14N2S/c1-14(2,3)12-10-7-5-4-6-9(10)8-11-13(12)16-17-15-11/h4-8H,1-3H3. The van der Waals surface area contributed by atoms with Crippen molar-refractivity contribution in [1.82, 2.24) is 8.75 Å². The van der Waals surface area contributed by atoms with E-state index in [1.165, 1.54) is 28.1 Å². The van der Waals surface area contributed by atoms with E-state index in [0.717, 1.165) is 11.0 Å². The number of hydrogen-bond donors (Lipinski definition) is 0. The van der Waals surface area contributed by atoms with Gasteiger partial charge in [0.05, 0.1) is 11.7 Å². The highest BCUT2D eigenvalue weighted by Crippen LogP contribution is 2.35. The van der Waals surface area contributed by atoms with E-state index in [0.29, 0.717) is 0 Å². The Morgan fingerprint density at radius 3 is 2.59 bits per heavy atom. The van der Waals surface area contributed by atoms with Crippen LogP contribution in [0.1, 0.15) is 26.3 Å². The summed E-state index contributed by atoms with van der Waals surface area (Å²) in [5, 5.41) is 2.54. The molecule has 0 radical (unpaired) electrons. The highest BCUT2D eigenvalue weighted by atomic mass is 32.1. The monoisotopic (exact) mass is 242 g/mol. The predicted molar refractivity (Wildman–Crippen MR) is 73.6 cm³/mol. The summed E-state index contributed by atoms with van der Waals surface area (Å²) in [5.74, 6) is 0. The summed E-state index contributed by atoms with van der Waals surface area (Å²) in [6.07, 6.45) is 0. The van der Waals surface area contributed by atoms with Crippen molar-refractivity contribution in [3.63, 3.8) is 0 Å². The third kappa shape index (κ3) is 1.62. The van der Waals surface area contributed by atoms with E-state index in [2.05, 4.69) is 59.9 Å². The normalized spacial score (nSPS) is 12.4. The zero-order valence-corrected chi connectivity index (χ0v) is 11.0. The Balaban J connectivity index is 2.57. The Bertz CT molecular complexity index is 692. The van der Waals surface area contributed by atoms with Crippen LogP contribution in [0.15, 0.2) is 30.3 Å². The highest BCUT2D eigenvalue weighted by molar-refractivity contribution is 7.00. The molecule has 0 saturated heterocycles. The van der Waals surface area contributed by atoms with Crippen molar-refractivity contribution in [2.45, 2.75) is 26.2 Å². The van der Waals surface area contributed by atoms with Crippen LogP contribution in [0.4, 0.5) is 0 Å². The van der Waals surface area contributed by atoms with Crippen molar-refractivity contribution < 1.29 is 0 Å². The number of rotatable bonds is 0. The Hall–Kier alpha value is -1.48. The van der Waals surface area contributed by atoms with E-state index in [4.69, 9.17) is 0 Å². The summed E-state index contributed by atoms with van der Waals surface area (Å²) in [6.45, 7) is 6.69. The van der Waals surface area contributed by atoms with Crippen LogP contribution >= 0.6 is 11.7 Å². The second-order valence-electron chi connectivity index (χ2n) is 5.35. The maximum absolute atomic E-state index is 4.47. The van der Waals surface area contributed by atoms with Gasteiger partial charge in [-0.3, -0.25) is 0 Å². The van der Waals surface area contributed by atoms with Crippen LogP contribution in [0.2, 0.25) is 0 Å². The zero-order valence-electron chi connectivity index (χ0n) is 10.2. The molecule has 0 fully saturated rings. The smallest absolute Gasteiger partial charge is 0.109 e. The molecular weight excluding hydrogens is 228 g/mol. The van der Waals surface area contributed by atoms with Crippen molar-refractivity contribution in [3.05, 3.63) is 35.9 Å². The fourth-order valence-electron chi connectivity index (χ4n) is 2.35. The Morgan fingerprint density at radius 1 is 1.06 bits per heavy atom. The van der Waals surface area contributed by atoms with Gasteiger partial charge in [-0.25, -0.2) is 0 Å². The molecule has 3 rings (SSSR count). The molecule has 0 aliphatic rings. The summed E-state index contributed by atoms with van der Waals surface area (Å²) in [6, 6.07) is 10.6. The number of benzene rings is 2. The van der Waals surface area contributed by atoms with Gasteiger partial charge in [0.1, 0.15) is 11.0 Å². The minimum absolute atomic E-state index is 0.0782. The molecule has 86 valence electrons. The lowest BCUT2D eigenvalue weighted by Crippen LogP contribution is -2.12. The number of aromatic nitrogens is 2. The summed E-state index contributed by atoms with van der Waals surface area (Å²) < 4.78 is 8.84. The molecule has 0 bridgehead atoms. The van der Waals surface area contributed by atoms with E-state index in [9.17, 15) is 0 Å². The van der Waals surface area contributed by atoms with Crippen molar-refractivity contribution >= 4 is 33.5 Å². The van der Waals surface area contributed by atoms with E-state index < -0.39 is 0 Å². The van der Waals surface area contributed by atoms with E-state index >= 15 is 0 Å². The molecule has 0 N–H and O–H groups in total. The molecule has 0 saturated carbocycles. The molecule has 0 amide bonds. The molecule has 0 atom stereocenters. The van der Waals surface area contributed by atoms with Crippen LogP contribution in [0, 0.1) is 0 Å². The van der Waals surface area contributed by atoms with E-state index in [1.807, 2.05) is 0 Å². The number of fused-ring (bicyclic) bond motifs is 2. The Morgan fingerprint density at radius 2 is 1.82 bits per heavy atom. The van der Waals surface area contributed by atoms with Gasteiger partial charge in [-0.1, -0.05) is 45.0 Å². The average Bonchev–Trinajstić information content (AvgIpc) is 2.71. The number of nitrogens with zero attached hydrogens (tertiary/aromatic N) is 2. The van der Waals surface area contributed by atoms with E-state index in [1.54, 1.807) is 0 Å². The molecule has 0 unspecified atom stereocenters. The minimum atomic E-state index is 0.0782. The minimum Gasteiger partial charge on any atom is -0.173 e. The molecule has 1 aromatic heterocycles. The molecule has 2 nitrogen and oxygen atoms in total. The molecule has 0 spiro atoms. The van der Waals surface area contributed by atoms with Gasteiger partial charge in [0.25, 0.3) is 0 Å². The van der Waals surface area contributed by atoms with Gasteiger partial charge in [0.15, 0.2) is 0 Å². The lowest BCUT2D eigenvalue weighted by molar-refractivity contribution is 0.600. The van der Waals surface area contributed by atoms with Crippen LogP contribution in [-0.2, 0) is 5.41 Å². The van der Waals surface area contributed by atoms with Gasteiger partial charge in [-0.2, -0.15) is 8.75 Å². The summed E-state index contributed by atoms with van der Waals surface area (Å²) in [5.41, 5.74) is 3.45. The summed E-state index contributed by atoms with van der Waals surface area (Å²) in [7, 11) is 0. The maximum atomic E-state index is 4.47. The van der Waals surface area contributed by atoms with Crippen molar-refractivity contribution in [2.75, 3.05) is 0 Å².